The molecule has 1 unspecified atom stereocenters. The van der Waals surface area contributed by atoms with Crippen molar-refractivity contribution < 1.29 is 9.59 Å². The highest BCUT2D eigenvalue weighted by molar-refractivity contribution is 5.97. The van der Waals surface area contributed by atoms with Gasteiger partial charge in [-0.05, 0) is 73.6 Å². The first-order valence-electron chi connectivity index (χ1n) is 9.45. The fourth-order valence-electron chi connectivity index (χ4n) is 3.94. The summed E-state index contributed by atoms with van der Waals surface area (Å²) in [5, 5.41) is 3.08. The first kappa shape index (κ1) is 16.8. The summed E-state index contributed by atoms with van der Waals surface area (Å²) in [5.74, 6) is 0.0738. The molecule has 1 heterocycles. The molecule has 2 aromatic rings. The van der Waals surface area contributed by atoms with Crippen LogP contribution in [0.15, 0.2) is 42.5 Å². The molecule has 2 aliphatic rings. The van der Waals surface area contributed by atoms with Gasteiger partial charge in [0.25, 0.3) is 5.91 Å². The Balaban J connectivity index is 1.43. The number of fused-ring (bicyclic) bond motifs is 1. The second-order valence-electron chi connectivity index (χ2n) is 7.27. The van der Waals surface area contributed by atoms with Crippen molar-refractivity contribution in [3.8, 4) is 0 Å². The molecule has 0 radical (unpaired) electrons. The van der Waals surface area contributed by atoms with Gasteiger partial charge in [0, 0.05) is 24.2 Å². The molecule has 134 valence electrons. The second-order valence-corrected chi connectivity index (χ2v) is 7.27. The molecule has 0 bridgehead atoms. The number of nitrogens with one attached hydrogen (secondary N) is 1. The molecular formula is C22H24N2O2. The lowest BCUT2D eigenvalue weighted by Gasteiger charge is -2.17. The van der Waals surface area contributed by atoms with Crippen LogP contribution in [0.3, 0.4) is 0 Å². The average molecular weight is 348 g/mol. The van der Waals surface area contributed by atoms with Crippen molar-refractivity contribution >= 4 is 17.5 Å². The Morgan fingerprint density at radius 3 is 2.50 bits per heavy atom. The van der Waals surface area contributed by atoms with Crippen LogP contribution in [-0.2, 0) is 17.6 Å². The number of aryl methyl sites for hydroxylation is 2. The summed E-state index contributed by atoms with van der Waals surface area (Å²) in [6.45, 7) is 2.78. The van der Waals surface area contributed by atoms with Crippen LogP contribution in [0.5, 0.6) is 0 Å². The molecule has 0 spiro atoms. The van der Waals surface area contributed by atoms with Gasteiger partial charge < -0.3 is 10.2 Å². The number of amides is 2. The highest BCUT2D eigenvalue weighted by Crippen LogP contribution is 2.26. The van der Waals surface area contributed by atoms with Crippen molar-refractivity contribution in [2.45, 2.75) is 45.1 Å². The van der Waals surface area contributed by atoms with Gasteiger partial charge in [-0.3, -0.25) is 9.59 Å². The van der Waals surface area contributed by atoms with Gasteiger partial charge in [-0.2, -0.15) is 0 Å². The minimum atomic E-state index is -0.0858. The van der Waals surface area contributed by atoms with E-state index in [9.17, 15) is 9.59 Å². The average Bonchev–Trinajstić information content (AvgIpc) is 3.29. The second kappa shape index (κ2) is 6.94. The molecule has 1 saturated heterocycles. The summed E-state index contributed by atoms with van der Waals surface area (Å²) in [5.41, 5.74) is 5.50. The molecule has 2 amide bonds. The number of hydrogen-bond donors (Lipinski definition) is 1. The van der Waals surface area contributed by atoms with Gasteiger partial charge in [0.05, 0.1) is 6.04 Å². The van der Waals surface area contributed by atoms with E-state index in [1.165, 1.54) is 24.0 Å². The Kier molecular flexibility index (Phi) is 4.49. The van der Waals surface area contributed by atoms with E-state index in [-0.39, 0.29) is 17.9 Å². The molecule has 2 aromatic carbocycles. The molecule has 4 heteroatoms. The van der Waals surface area contributed by atoms with Crippen LogP contribution in [0, 0.1) is 0 Å². The maximum absolute atomic E-state index is 12.6. The van der Waals surface area contributed by atoms with E-state index in [1.54, 1.807) is 17.0 Å². The summed E-state index contributed by atoms with van der Waals surface area (Å²) in [6, 6.07) is 13.8. The number of benzene rings is 2. The van der Waals surface area contributed by atoms with Gasteiger partial charge in [0.1, 0.15) is 0 Å². The van der Waals surface area contributed by atoms with Crippen molar-refractivity contribution in [3.63, 3.8) is 0 Å². The first-order chi connectivity index (χ1) is 12.6. The maximum atomic E-state index is 12.6. The van der Waals surface area contributed by atoms with Crippen LogP contribution in [0.2, 0.25) is 0 Å². The van der Waals surface area contributed by atoms with Gasteiger partial charge in [-0.25, -0.2) is 0 Å². The van der Waals surface area contributed by atoms with Crippen LogP contribution >= 0.6 is 0 Å². The normalized spacial score (nSPS) is 17.3. The summed E-state index contributed by atoms with van der Waals surface area (Å²) in [4.78, 5) is 26.2. The molecule has 1 aliphatic heterocycles. The number of hydrogen-bond acceptors (Lipinski definition) is 2. The predicted molar refractivity (Wildman–Crippen MR) is 102 cm³/mol. The number of carbonyl (C=O) groups excluding carboxylic acids is 2. The van der Waals surface area contributed by atoms with Crippen LogP contribution in [0.1, 0.15) is 59.3 Å². The quantitative estimate of drug-likeness (QED) is 0.914. The van der Waals surface area contributed by atoms with Crippen molar-refractivity contribution in [1.82, 2.24) is 5.32 Å². The predicted octanol–water partition coefficient (Wildman–Crippen LogP) is 3.79. The summed E-state index contributed by atoms with van der Waals surface area (Å²) in [7, 11) is 0. The van der Waals surface area contributed by atoms with E-state index >= 15 is 0 Å². The largest absolute Gasteiger partial charge is 0.346 e. The number of carbonyl (C=O) groups is 2. The summed E-state index contributed by atoms with van der Waals surface area (Å²) < 4.78 is 0. The molecule has 1 atom stereocenters. The van der Waals surface area contributed by atoms with Gasteiger partial charge in [-0.15, -0.1) is 0 Å². The highest BCUT2D eigenvalue weighted by Gasteiger charge is 2.22. The van der Waals surface area contributed by atoms with Crippen LogP contribution in [0.4, 0.5) is 5.69 Å². The first-order valence-corrected chi connectivity index (χ1v) is 9.45. The molecule has 4 rings (SSSR count). The van der Waals surface area contributed by atoms with Crippen molar-refractivity contribution in [2.24, 2.45) is 0 Å². The molecule has 0 saturated carbocycles. The molecule has 1 aliphatic carbocycles. The van der Waals surface area contributed by atoms with Gasteiger partial charge in [0.15, 0.2) is 0 Å². The van der Waals surface area contributed by atoms with E-state index in [4.69, 9.17) is 0 Å². The molecular weight excluding hydrogens is 324 g/mol. The Labute approximate surface area is 154 Å². The van der Waals surface area contributed by atoms with Crippen LogP contribution in [-0.4, -0.2) is 18.4 Å². The zero-order valence-corrected chi connectivity index (χ0v) is 15.1. The van der Waals surface area contributed by atoms with Crippen LogP contribution in [0.25, 0.3) is 0 Å². The molecule has 0 aromatic heterocycles. The third kappa shape index (κ3) is 3.24. The van der Waals surface area contributed by atoms with Gasteiger partial charge in [0.2, 0.25) is 5.91 Å². The molecule has 4 nitrogen and oxygen atoms in total. The van der Waals surface area contributed by atoms with Crippen molar-refractivity contribution in [1.29, 1.82) is 0 Å². The van der Waals surface area contributed by atoms with E-state index in [1.807, 2.05) is 19.1 Å². The van der Waals surface area contributed by atoms with E-state index in [0.717, 1.165) is 30.6 Å². The smallest absolute Gasteiger partial charge is 0.251 e. The lowest BCUT2D eigenvalue weighted by Crippen LogP contribution is -2.27. The fraction of sp³-hybridized carbons (Fsp3) is 0.364. The molecule has 1 fully saturated rings. The minimum Gasteiger partial charge on any atom is -0.346 e. The lowest BCUT2D eigenvalue weighted by molar-refractivity contribution is -0.117. The molecule has 1 N–H and O–H groups in total. The Bertz CT molecular complexity index is 842. The van der Waals surface area contributed by atoms with E-state index in [0.29, 0.717) is 12.0 Å². The van der Waals surface area contributed by atoms with E-state index < -0.39 is 0 Å². The monoisotopic (exact) mass is 348 g/mol. The number of anilines is 1. The van der Waals surface area contributed by atoms with Crippen LogP contribution < -0.4 is 10.2 Å². The highest BCUT2D eigenvalue weighted by atomic mass is 16.2. The lowest BCUT2D eigenvalue weighted by atomic mass is 10.0. The Morgan fingerprint density at radius 2 is 1.77 bits per heavy atom. The van der Waals surface area contributed by atoms with Gasteiger partial charge >= 0.3 is 0 Å². The summed E-state index contributed by atoms with van der Waals surface area (Å²) in [6.07, 6.45) is 5.05. The maximum Gasteiger partial charge on any atom is 0.251 e. The van der Waals surface area contributed by atoms with Crippen molar-refractivity contribution in [3.05, 3.63) is 64.7 Å². The zero-order chi connectivity index (χ0) is 18.1. The zero-order valence-electron chi connectivity index (χ0n) is 15.1. The van der Waals surface area contributed by atoms with E-state index in [2.05, 4.69) is 23.5 Å². The SMILES string of the molecule is CC(NC(=O)c1ccc(N2CCCC2=O)cc1)c1ccc2c(c1)CCC2. The minimum absolute atomic E-state index is 0.0340. The standard InChI is InChI=1S/C22H24N2O2/c1-15(18-8-7-16-4-2-5-19(16)14-18)23-22(26)17-9-11-20(12-10-17)24-13-3-6-21(24)25/h7-12,14-15H,2-6,13H2,1H3,(H,23,26). The topological polar surface area (TPSA) is 49.4 Å². The third-order valence-electron chi connectivity index (χ3n) is 5.48. The Hall–Kier alpha value is -2.62. The van der Waals surface area contributed by atoms with Gasteiger partial charge in [-0.1, -0.05) is 18.2 Å². The Morgan fingerprint density at radius 1 is 1.00 bits per heavy atom. The fourth-order valence-corrected chi connectivity index (χ4v) is 3.94. The number of rotatable bonds is 4. The van der Waals surface area contributed by atoms with Crippen molar-refractivity contribution in [2.75, 3.05) is 11.4 Å². The number of nitrogens with zero attached hydrogens (tertiary/aromatic N) is 1. The summed E-state index contributed by atoms with van der Waals surface area (Å²) >= 11 is 0. The third-order valence-corrected chi connectivity index (χ3v) is 5.48. The molecule has 26 heavy (non-hydrogen) atoms.